The summed E-state index contributed by atoms with van der Waals surface area (Å²) in [6, 6.07) is 6.08. The van der Waals surface area contributed by atoms with Gasteiger partial charge in [0.1, 0.15) is 11.9 Å². The van der Waals surface area contributed by atoms with Gasteiger partial charge in [-0.3, -0.25) is 19.8 Å². The third kappa shape index (κ3) is 8.65. The molecule has 1 aliphatic carbocycles. The van der Waals surface area contributed by atoms with Crippen molar-refractivity contribution in [1.29, 1.82) is 0 Å². The van der Waals surface area contributed by atoms with E-state index in [0.29, 0.717) is 5.75 Å². The van der Waals surface area contributed by atoms with Crippen molar-refractivity contribution < 1.29 is 14.0 Å². The molecule has 0 unspecified atom stereocenters. The topological polar surface area (TPSA) is 73.5 Å². The number of benzene rings is 1. The molecule has 3 fully saturated rings. The van der Waals surface area contributed by atoms with Crippen molar-refractivity contribution in [2.45, 2.75) is 69.6 Å². The molecule has 2 amide bonds. The maximum Gasteiger partial charge on any atom is 0.243 e. The summed E-state index contributed by atoms with van der Waals surface area (Å²) in [7, 11) is 0. The Morgan fingerprint density at radius 3 is 2.54 bits per heavy atom. The van der Waals surface area contributed by atoms with Crippen molar-refractivity contribution in [2.75, 3.05) is 36.2 Å². The molecule has 3 aliphatic rings. The third-order valence-corrected chi connectivity index (χ3v) is 9.50. The predicted molar refractivity (Wildman–Crippen MR) is 143 cm³/mol. The average Bonchev–Trinajstić information content (AvgIpc) is 3.42. The van der Waals surface area contributed by atoms with Crippen LogP contribution in [0.4, 0.5) is 4.39 Å². The monoisotopic (exact) mass is 522 g/mol. The molecule has 9 heteroatoms. The second-order valence-corrected chi connectivity index (χ2v) is 12.2. The molecule has 194 valence electrons. The molecule has 2 atom stereocenters. The highest BCUT2D eigenvalue weighted by molar-refractivity contribution is 7.99. The van der Waals surface area contributed by atoms with Crippen LogP contribution in [0.15, 0.2) is 24.3 Å². The summed E-state index contributed by atoms with van der Waals surface area (Å²) in [6.07, 6.45) is 8.31. The van der Waals surface area contributed by atoms with Gasteiger partial charge in [-0.15, -0.1) is 11.8 Å². The highest BCUT2D eigenvalue weighted by Gasteiger charge is 2.30. The van der Waals surface area contributed by atoms with Crippen LogP contribution in [0.3, 0.4) is 0 Å². The molecule has 1 aromatic rings. The number of carbonyl (C=O) groups excluding carboxylic acids is 2. The van der Waals surface area contributed by atoms with Crippen LogP contribution in [0.25, 0.3) is 0 Å². The summed E-state index contributed by atoms with van der Waals surface area (Å²) >= 11 is 3.52. The van der Waals surface area contributed by atoms with Crippen LogP contribution >= 0.6 is 23.5 Å². The first-order valence-electron chi connectivity index (χ1n) is 13.0. The van der Waals surface area contributed by atoms with E-state index in [1.54, 1.807) is 11.8 Å². The fourth-order valence-corrected chi connectivity index (χ4v) is 7.33. The minimum Gasteiger partial charge on any atom is -0.351 e. The lowest BCUT2D eigenvalue weighted by Crippen LogP contribution is -2.55. The van der Waals surface area contributed by atoms with Crippen LogP contribution in [0, 0.1) is 11.7 Å². The Morgan fingerprint density at radius 2 is 1.86 bits per heavy atom. The molecule has 0 aromatic heterocycles. The molecule has 2 heterocycles. The molecule has 2 saturated heterocycles. The first-order chi connectivity index (χ1) is 17.1. The average molecular weight is 523 g/mol. The van der Waals surface area contributed by atoms with Crippen LogP contribution in [0.1, 0.15) is 50.5 Å². The van der Waals surface area contributed by atoms with Gasteiger partial charge >= 0.3 is 0 Å². The maximum atomic E-state index is 13.2. The van der Waals surface area contributed by atoms with E-state index in [2.05, 4.69) is 20.9 Å². The Kier molecular flexibility index (Phi) is 10.6. The van der Waals surface area contributed by atoms with E-state index in [0.717, 1.165) is 61.3 Å². The summed E-state index contributed by atoms with van der Waals surface area (Å²) in [4.78, 5) is 28.3. The van der Waals surface area contributed by atoms with E-state index >= 15 is 0 Å². The third-order valence-electron chi connectivity index (χ3n) is 7.28. The lowest BCUT2D eigenvalue weighted by molar-refractivity contribution is -0.129. The van der Waals surface area contributed by atoms with Crippen LogP contribution in [0.2, 0.25) is 0 Å². The van der Waals surface area contributed by atoms with Crippen molar-refractivity contribution in [2.24, 2.45) is 5.92 Å². The van der Waals surface area contributed by atoms with Crippen molar-refractivity contribution >= 4 is 35.3 Å². The van der Waals surface area contributed by atoms with Crippen LogP contribution in [-0.4, -0.2) is 71.1 Å². The Morgan fingerprint density at radius 1 is 1.11 bits per heavy atom. The van der Waals surface area contributed by atoms with E-state index in [4.69, 9.17) is 0 Å². The molecular weight excluding hydrogens is 483 g/mol. The summed E-state index contributed by atoms with van der Waals surface area (Å²) in [5.74, 6) is 3.63. The normalized spacial score (nSPS) is 23.2. The van der Waals surface area contributed by atoms with E-state index in [9.17, 15) is 14.0 Å². The van der Waals surface area contributed by atoms with E-state index in [1.807, 2.05) is 23.9 Å². The first-order valence-corrected chi connectivity index (χ1v) is 15.3. The van der Waals surface area contributed by atoms with Gasteiger partial charge in [-0.05, 0) is 55.1 Å². The van der Waals surface area contributed by atoms with Gasteiger partial charge in [-0.1, -0.05) is 31.4 Å². The Balaban J connectivity index is 1.24. The number of piperidine rings is 1. The fraction of sp³-hybridized carbons (Fsp3) is 0.692. The largest absolute Gasteiger partial charge is 0.351 e. The van der Waals surface area contributed by atoms with E-state index < -0.39 is 6.04 Å². The minimum absolute atomic E-state index is 0.0582. The molecule has 1 aromatic carbocycles. The zero-order chi connectivity index (χ0) is 24.5. The quantitative estimate of drug-likeness (QED) is 0.438. The van der Waals surface area contributed by atoms with E-state index in [1.165, 1.54) is 44.2 Å². The SMILES string of the molecule is O=C(N[C@@H](CSCC1CCCCC1)C(=O)NC1CCN(Cc2ccc(F)cc2)CC1)[C@@H]1CSCN1. The number of hydrogen-bond donors (Lipinski definition) is 3. The van der Waals surface area contributed by atoms with Gasteiger partial charge in [-0.25, -0.2) is 4.39 Å². The van der Waals surface area contributed by atoms with Crippen LogP contribution < -0.4 is 16.0 Å². The van der Waals surface area contributed by atoms with Crippen molar-refractivity contribution in [3.63, 3.8) is 0 Å². The van der Waals surface area contributed by atoms with Gasteiger partial charge in [0.15, 0.2) is 0 Å². The summed E-state index contributed by atoms with van der Waals surface area (Å²) in [6.45, 7) is 2.57. The molecule has 6 nitrogen and oxygen atoms in total. The van der Waals surface area contributed by atoms with Crippen molar-refractivity contribution in [1.82, 2.24) is 20.9 Å². The molecule has 0 spiro atoms. The van der Waals surface area contributed by atoms with Crippen LogP contribution in [0.5, 0.6) is 0 Å². The number of nitrogens with one attached hydrogen (secondary N) is 3. The van der Waals surface area contributed by atoms with Gasteiger partial charge in [0.2, 0.25) is 11.8 Å². The number of thioether (sulfide) groups is 2. The summed E-state index contributed by atoms with van der Waals surface area (Å²) in [5.41, 5.74) is 1.10. The molecule has 0 bridgehead atoms. The molecule has 0 radical (unpaired) electrons. The number of nitrogens with zero attached hydrogens (tertiary/aromatic N) is 1. The molecular formula is C26H39FN4O2S2. The van der Waals surface area contributed by atoms with Gasteiger partial charge in [0, 0.05) is 43.1 Å². The number of carbonyl (C=O) groups is 2. The second-order valence-electron chi connectivity index (χ2n) is 10.1. The van der Waals surface area contributed by atoms with Crippen molar-refractivity contribution in [3.05, 3.63) is 35.6 Å². The van der Waals surface area contributed by atoms with Gasteiger partial charge in [-0.2, -0.15) is 11.8 Å². The molecule has 2 aliphatic heterocycles. The Hall–Kier alpha value is -1.29. The Labute approximate surface area is 217 Å². The summed E-state index contributed by atoms with van der Waals surface area (Å²) in [5, 5.41) is 9.47. The zero-order valence-electron chi connectivity index (χ0n) is 20.5. The van der Waals surface area contributed by atoms with Gasteiger partial charge in [0.25, 0.3) is 0 Å². The smallest absolute Gasteiger partial charge is 0.243 e. The number of halogens is 1. The zero-order valence-corrected chi connectivity index (χ0v) is 22.1. The molecule has 1 saturated carbocycles. The standard InChI is InChI=1S/C26H39FN4O2S2/c27-21-8-6-19(7-9-21)14-31-12-10-22(11-13-31)29-26(33)24(30-25(32)23-16-35-18-28-23)17-34-15-20-4-2-1-3-5-20/h6-9,20,22-24,28H,1-5,10-18H2,(H,29,33)(H,30,32)/t23-,24-/m0/s1. The summed E-state index contributed by atoms with van der Waals surface area (Å²) < 4.78 is 13.2. The molecule has 3 N–H and O–H groups in total. The van der Waals surface area contributed by atoms with Gasteiger partial charge in [0.05, 0.1) is 6.04 Å². The number of likely N-dealkylation sites (tertiary alicyclic amines) is 1. The first kappa shape index (κ1) is 26.8. The highest BCUT2D eigenvalue weighted by Crippen LogP contribution is 2.27. The number of amides is 2. The highest BCUT2D eigenvalue weighted by atomic mass is 32.2. The minimum atomic E-state index is -0.499. The maximum absolute atomic E-state index is 13.2. The number of hydrogen-bond acceptors (Lipinski definition) is 6. The molecule has 35 heavy (non-hydrogen) atoms. The predicted octanol–water partition coefficient (Wildman–Crippen LogP) is 3.37. The number of rotatable bonds is 10. The van der Waals surface area contributed by atoms with E-state index in [-0.39, 0.29) is 29.7 Å². The Bertz CT molecular complexity index is 808. The van der Waals surface area contributed by atoms with Crippen LogP contribution in [-0.2, 0) is 16.1 Å². The fourth-order valence-electron chi connectivity index (χ4n) is 5.11. The lowest BCUT2D eigenvalue weighted by atomic mass is 9.91. The van der Waals surface area contributed by atoms with Gasteiger partial charge < -0.3 is 10.6 Å². The van der Waals surface area contributed by atoms with Crippen molar-refractivity contribution in [3.8, 4) is 0 Å². The lowest BCUT2D eigenvalue weighted by Gasteiger charge is -2.33. The molecule has 4 rings (SSSR count). The second kappa shape index (κ2) is 13.9.